The number of anilines is 1. The summed E-state index contributed by atoms with van der Waals surface area (Å²) in [6.45, 7) is 2.07. The molecule has 14 heavy (non-hydrogen) atoms. The Bertz CT molecular complexity index is 295. The van der Waals surface area contributed by atoms with Gasteiger partial charge in [0, 0.05) is 13.1 Å². The molecule has 1 unspecified atom stereocenters. The average Bonchev–Trinajstić information content (AvgIpc) is 2.27. The molecule has 1 N–H and O–H groups in total. The van der Waals surface area contributed by atoms with Crippen LogP contribution in [0.15, 0.2) is 17.4 Å². The molecule has 0 aromatic carbocycles. The Morgan fingerprint density at radius 2 is 2.29 bits per heavy atom. The minimum atomic E-state index is 0.0691. The van der Waals surface area contributed by atoms with Gasteiger partial charge in [0.05, 0.1) is 12.6 Å². The number of aliphatic hydroxyl groups excluding tert-OH is 1. The summed E-state index contributed by atoms with van der Waals surface area (Å²) in [6.07, 6.45) is 3.52. The van der Waals surface area contributed by atoms with Crippen LogP contribution in [0.5, 0.6) is 0 Å². The molecule has 0 aliphatic rings. The highest BCUT2D eigenvalue weighted by atomic mass is 32.2. The number of hydrogen-bond acceptors (Lipinski definition) is 5. The molecule has 0 radical (unpaired) electrons. The second-order valence-electron chi connectivity index (χ2n) is 3.06. The van der Waals surface area contributed by atoms with Crippen LogP contribution in [-0.4, -0.2) is 41.0 Å². The van der Waals surface area contributed by atoms with Crippen LogP contribution in [0, 0.1) is 0 Å². The molecule has 0 saturated heterocycles. The maximum absolute atomic E-state index is 9.00. The molecular formula is C9H15N3OS. The second-order valence-corrected chi connectivity index (χ2v) is 3.89. The van der Waals surface area contributed by atoms with Gasteiger partial charge in [-0.25, -0.2) is 9.97 Å². The molecule has 1 rings (SSSR count). The fourth-order valence-corrected chi connectivity index (χ4v) is 1.36. The summed E-state index contributed by atoms with van der Waals surface area (Å²) in [5, 5.41) is 9.94. The summed E-state index contributed by atoms with van der Waals surface area (Å²) in [4.78, 5) is 10.2. The van der Waals surface area contributed by atoms with Crippen LogP contribution in [0.2, 0.25) is 0 Å². The van der Waals surface area contributed by atoms with Crippen molar-refractivity contribution in [3.63, 3.8) is 0 Å². The molecule has 78 valence electrons. The molecule has 0 spiro atoms. The summed E-state index contributed by atoms with van der Waals surface area (Å²) in [6, 6.07) is 1.98. The van der Waals surface area contributed by atoms with Gasteiger partial charge in [-0.15, -0.1) is 11.8 Å². The van der Waals surface area contributed by atoms with Crippen molar-refractivity contribution in [1.82, 2.24) is 9.97 Å². The van der Waals surface area contributed by atoms with Gasteiger partial charge in [0.1, 0.15) is 17.2 Å². The molecular weight excluding hydrogens is 198 g/mol. The highest BCUT2D eigenvalue weighted by Crippen LogP contribution is 2.17. The van der Waals surface area contributed by atoms with E-state index in [1.165, 1.54) is 0 Å². The summed E-state index contributed by atoms with van der Waals surface area (Å²) < 4.78 is 0. The molecule has 0 aliphatic heterocycles. The SMILES string of the molecule is CSc1cc(N(C)C(C)CO)ncn1. The normalized spacial score (nSPS) is 12.6. The predicted molar refractivity (Wildman–Crippen MR) is 58.8 cm³/mol. The Balaban J connectivity index is 2.83. The quantitative estimate of drug-likeness (QED) is 0.597. The van der Waals surface area contributed by atoms with E-state index in [9.17, 15) is 0 Å². The van der Waals surface area contributed by atoms with E-state index in [2.05, 4.69) is 9.97 Å². The molecule has 5 heteroatoms. The van der Waals surface area contributed by atoms with E-state index in [0.717, 1.165) is 10.8 Å². The van der Waals surface area contributed by atoms with Gasteiger partial charge in [0.25, 0.3) is 0 Å². The molecule has 0 fully saturated rings. The first-order valence-electron chi connectivity index (χ1n) is 4.38. The summed E-state index contributed by atoms with van der Waals surface area (Å²) in [5.74, 6) is 0.839. The number of aromatic nitrogens is 2. The second kappa shape index (κ2) is 5.17. The fourth-order valence-electron chi connectivity index (χ4n) is 0.983. The number of hydrogen-bond donors (Lipinski definition) is 1. The van der Waals surface area contributed by atoms with E-state index in [-0.39, 0.29) is 12.6 Å². The summed E-state index contributed by atoms with van der Waals surface area (Å²) in [5.41, 5.74) is 0. The molecule has 1 heterocycles. The smallest absolute Gasteiger partial charge is 0.133 e. The van der Waals surface area contributed by atoms with E-state index < -0.39 is 0 Å². The van der Waals surface area contributed by atoms with Crippen molar-refractivity contribution in [3.8, 4) is 0 Å². The van der Waals surface area contributed by atoms with Gasteiger partial charge in [-0.1, -0.05) is 0 Å². The molecule has 4 nitrogen and oxygen atoms in total. The Morgan fingerprint density at radius 1 is 1.57 bits per heavy atom. The van der Waals surface area contributed by atoms with Gasteiger partial charge in [-0.05, 0) is 13.2 Å². The van der Waals surface area contributed by atoms with Crippen molar-refractivity contribution in [2.24, 2.45) is 0 Å². The van der Waals surface area contributed by atoms with Crippen LogP contribution >= 0.6 is 11.8 Å². The number of nitrogens with zero attached hydrogens (tertiary/aromatic N) is 3. The molecule has 1 aromatic rings. The lowest BCUT2D eigenvalue weighted by Crippen LogP contribution is -2.32. The van der Waals surface area contributed by atoms with Gasteiger partial charge in [0.15, 0.2) is 0 Å². The molecule has 0 saturated carbocycles. The molecule has 0 amide bonds. The van der Waals surface area contributed by atoms with Crippen molar-refractivity contribution in [3.05, 3.63) is 12.4 Å². The minimum Gasteiger partial charge on any atom is -0.394 e. The number of thioether (sulfide) groups is 1. The maximum Gasteiger partial charge on any atom is 0.133 e. The van der Waals surface area contributed by atoms with Crippen molar-refractivity contribution in [2.75, 3.05) is 24.8 Å². The van der Waals surface area contributed by atoms with Crippen LogP contribution in [0.25, 0.3) is 0 Å². The van der Waals surface area contributed by atoms with E-state index in [1.54, 1.807) is 18.1 Å². The van der Waals surface area contributed by atoms with Crippen LogP contribution in [0.3, 0.4) is 0 Å². The minimum absolute atomic E-state index is 0.0691. The lowest BCUT2D eigenvalue weighted by atomic mass is 10.3. The topological polar surface area (TPSA) is 49.2 Å². The fraction of sp³-hybridized carbons (Fsp3) is 0.556. The van der Waals surface area contributed by atoms with Crippen molar-refractivity contribution in [1.29, 1.82) is 0 Å². The third-order valence-electron chi connectivity index (χ3n) is 2.12. The van der Waals surface area contributed by atoms with Gasteiger partial charge < -0.3 is 10.0 Å². The van der Waals surface area contributed by atoms with E-state index >= 15 is 0 Å². The molecule has 0 bridgehead atoms. The van der Waals surface area contributed by atoms with E-state index in [1.807, 2.05) is 31.2 Å². The third-order valence-corrected chi connectivity index (χ3v) is 2.76. The van der Waals surface area contributed by atoms with E-state index in [4.69, 9.17) is 5.11 Å². The van der Waals surface area contributed by atoms with Crippen LogP contribution in [-0.2, 0) is 0 Å². The van der Waals surface area contributed by atoms with Gasteiger partial charge in [-0.3, -0.25) is 0 Å². The van der Waals surface area contributed by atoms with Crippen molar-refractivity contribution >= 4 is 17.6 Å². The zero-order chi connectivity index (χ0) is 10.6. The average molecular weight is 213 g/mol. The lowest BCUT2D eigenvalue weighted by Gasteiger charge is -2.24. The first kappa shape index (κ1) is 11.3. The van der Waals surface area contributed by atoms with Crippen molar-refractivity contribution in [2.45, 2.75) is 18.0 Å². The molecule has 1 aromatic heterocycles. The summed E-state index contributed by atoms with van der Waals surface area (Å²) in [7, 11) is 1.91. The van der Waals surface area contributed by atoms with Gasteiger partial charge in [-0.2, -0.15) is 0 Å². The van der Waals surface area contributed by atoms with Crippen LogP contribution in [0.4, 0.5) is 5.82 Å². The zero-order valence-corrected chi connectivity index (χ0v) is 9.45. The lowest BCUT2D eigenvalue weighted by molar-refractivity contribution is 0.269. The van der Waals surface area contributed by atoms with Crippen LogP contribution in [0.1, 0.15) is 6.92 Å². The first-order chi connectivity index (χ1) is 6.69. The Labute approximate surface area is 88.4 Å². The van der Waals surface area contributed by atoms with Gasteiger partial charge in [0.2, 0.25) is 0 Å². The Kier molecular flexibility index (Phi) is 4.16. The highest BCUT2D eigenvalue weighted by molar-refractivity contribution is 7.98. The third kappa shape index (κ3) is 2.59. The van der Waals surface area contributed by atoms with Crippen LogP contribution < -0.4 is 4.90 Å². The van der Waals surface area contributed by atoms with Gasteiger partial charge >= 0.3 is 0 Å². The maximum atomic E-state index is 9.00. The number of rotatable bonds is 4. The number of likely N-dealkylation sites (N-methyl/N-ethyl adjacent to an activating group) is 1. The standard InChI is InChI=1S/C9H15N3OS/c1-7(5-13)12(2)8-4-9(14-3)11-6-10-8/h4,6-7,13H,5H2,1-3H3. The monoisotopic (exact) mass is 213 g/mol. The Hall–Kier alpha value is -0.810. The summed E-state index contributed by atoms with van der Waals surface area (Å²) >= 11 is 1.58. The van der Waals surface area contributed by atoms with Crippen molar-refractivity contribution < 1.29 is 5.11 Å². The molecule has 0 aliphatic carbocycles. The van der Waals surface area contributed by atoms with E-state index in [0.29, 0.717) is 0 Å². The largest absolute Gasteiger partial charge is 0.394 e. The number of aliphatic hydroxyl groups is 1. The predicted octanol–water partition coefficient (Wildman–Crippen LogP) is 1.02. The molecule has 1 atom stereocenters. The zero-order valence-electron chi connectivity index (χ0n) is 8.64. The Morgan fingerprint density at radius 3 is 2.86 bits per heavy atom. The highest BCUT2D eigenvalue weighted by Gasteiger charge is 2.10. The first-order valence-corrected chi connectivity index (χ1v) is 5.61.